The van der Waals surface area contributed by atoms with Crippen LogP contribution in [0.3, 0.4) is 0 Å². The molecule has 1 N–H and O–H groups in total. The van der Waals surface area contributed by atoms with Crippen LogP contribution in [0.15, 0.2) is 66.9 Å². The molecule has 182 valence electrons. The highest BCUT2D eigenvalue weighted by atomic mass is 16.5. The zero-order valence-corrected chi connectivity index (χ0v) is 19.9. The molecule has 0 aliphatic carbocycles. The molecule has 0 saturated heterocycles. The number of aromatic nitrogens is 1. The predicted molar refractivity (Wildman–Crippen MR) is 132 cm³/mol. The Hall–Kier alpha value is -4.07. The van der Waals surface area contributed by atoms with Gasteiger partial charge in [-0.3, -0.25) is 14.5 Å². The first kappa shape index (κ1) is 24.1. The van der Waals surface area contributed by atoms with Crippen molar-refractivity contribution in [2.45, 2.75) is 25.4 Å². The number of amides is 2. The third-order valence-electron chi connectivity index (χ3n) is 5.81. The van der Waals surface area contributed by atoms with E-state index < -0.39 is 6.10 Å². The zero-order valence-electron chi connectivity index (χ0n) is 19.9. The quantitative estimate of drug-likeness (QED) is 0.481. The second-order valence-corrected chi connectivity index (χ2v) is 8.12. The largest absolute Gasteiger partial charge is 0.493 e. The number of hydrogen-bond donors (Lipinski definition) is 1. The summed E-state index contributed by atoms with van der Waals surface area (Å²) in [6, 6.07) is 18.7. The van der Waals surface area contributed by atoms with Crippen molar-refractivity contribution in [2.75, 3.05) is 32.2 Å². The van der Waals surface area contributed by atoms with E-state index in [0.717, 1.165) is 11.1 Å². The lowest BCUT2D eigenvalue weighted by Gasteiger charge is -2.33. The second-order valence-electron chi connectivity index (χ2n) is 8.12. The molecule has 1 aromatic heterocycles. The van der Waals surface area contributed by atoms with Crippen molar-refractivity contribution >= 4 is 17.6 Å². The van der Waals surface area contributed by atoms with Gasteiger partial charge in [0.15, 0.2) is 23.1 Å². The molecule has 3 aromatic rings. The van der Waals surface area contributed by atoms with Crippen molar-refractivity contribution in [3.05, 3.63) is 78.0 Å². The van der Waals surface area contributed by atoms with Gasteiger partial charge in [0.25, 0.3) is 5.91 Å². The van der Waals surface area contributed by atoms with E-state index in [1.54, 1.807) is 37.4 Å². The molecule has 0 saturated carbocycles. The number of nitrogens with zero attached hydrogens (tertiary/aromatic N) is 2. The fraction of sp³-hybridized carbons (Fsp3) is 0.296. The Morgan fingerprint density at radius 3 is 2.63 bits per heavy atom. The van der Waals surface area contributed by atoms with Crippen LogP contribution in [-0.2, 0) is 16.0 Å². The molecule has 1 aliphatic heterocycles. The van der Waals surface area contributed by atoms with E-state index in [1.165, 1.54) is 0 Å². The van der Waals surface area contributed by atoms with E-state index in [9.17, 15) is 9.59 Å². The second kappa shape index (κ2) is 11.4. The van der Waals surface area contributed by atoms with E-state index >= 15 is 0 Å². The van der Waals surface area contributed by atoms with Gasteiger partial charge in [-0.15, -0.1) is 0 Å². The van der Waals surface area contributed by atoms with Gasteiger partial charge in [0.05, 0.1) is 14.2 Å². The van der Waals surface area contributed by atoms with Crippen molar-refractivity contribution in [1.82, 2.24) is 10.3 Å². The first-order valence-electron chi connectivity index (χ1n) is 11.6. The summed E-state index contributed by atoms with van der Waals surface area (Å²) in [6.45, 7) is 0.879. The highest BCUT2D eigenvalue weighted by Crippen LogP contribution is 2.37. The number of fused-ring (bicyclic) bond motifs is 1. The standard InChI is InChI=1S/C27H29N3O5/c1-33-21-13-12-19(18-23(21)34-2)14-16-28-24(31)11-7-17-30-26-22(10-6-15-29-26)35-25(27(30)32)20-8-4-3-5-9-20/h3-6,8-10,12-13,15,18,25H,7,11,14,16-17H2,1-2H3,(H,28,31)/t25-/m0/s1. The number of carbonyl (C=O) groups is 2. The predicted octanol–water partition coefficient (Wildman–Crippen LogP) is 3.70. The van der Waals surface area contributed by atoms with Gasteiger partial charge in [-0.2, -0.15) is 0 Å². The van der Waals surface area contributed by atoms with Crippen molar-refractivity contribution in [3.63, 3.8) is 0 Å². The van der Waals surface area contributed by atoms with Crippen LogP contribution in [0.25, 0.3) is 0 Å². The summed E-state index contributed by atoms with van der Waals surface area (Å²) in [7, 11) is 3.19. The number of rotatable bonds is 10. The van der Waals surface area contributed by atoms with Crippen molar-refractivity contribution in [3.8, 4) is 17.2 Å². The van der Waals surface area contributed by atoms with E-state index in [1.807, 2.05) is 48.5 Å². The number of anilines is 1. The minimum atomic E-state index is -0.733. The smallest absolute Gasteiger partial charge is 0.274 e. The van der Waals surface area contributed by atoms with Crippen LogP contribution in [0.2, 0.25) is 0 Å². The van der Waals surface area contributed by atoms with Crippen LogP contribution in [-0.4, -0.2) is 44.1 Å². The summed E-state index contributed by atoms with van der Waals surface area (Å²) in [5, 5.41) is 2.95. The van der Waals surface area contributed by atoms with Gasteiger partial charge < -0.3 is 19.5 Å². The average molecular weight is 476 g/mol. The van der Waals surface area contributed by atoms with Crippen LogP contribution in [0.5, 0.6) is 17.2 Å². The number of ether oxygens (including phenoxy) is 3. The Balaban J connectivity index is 1.31. The highest BCUT2D eigenvalue weighted by molar-refractivity contribution is 5.99. The number of hydrogen-bond acceptors (Lipinski definition) is 6. The Bertz CT molecular complexity index is 1170. The third kappa shape index (κ3) is 5.71. The molecule has 1 atom stereocenters. The maximum absolute atomic E-state index is 13.2. The Kier molecular flexibility index (Phi) is 7.82. The number of methoxy groups -OCH3 is 2. The molecule has 0 unspecified atom stereocenters. The monoisotopic (exact) mass is 475 g/mol. The fourth-order valence-corrected chi connectivity index (χ4v) is 4.02. The maximum Gasteiger partial charge on any atom is 0.274 e. The van der Waals surface area contributed by atoms with Gasteiger partial charge in [0, 0.05) is 31.3 Å². The number of carbonyl (C=O) groups excluding carboxylic acids is 2. The van der Waals surface area contributed by atoms with Crippen molar-refractivity contribution in [1.29, 1.82) is 0 Å². The minimum Gasteiger partial charge on any atom is -0.493 e. The highest BCUT2D eigenvalue weighted by Gasteiger charge is 2.36. The van der Waals surface area contributed by atoms with E-state index in [2.05, 4.69) is 10.3 Å². The van der Waals surface area contributed by atoms with Gasteiger partial charge in [-0.05, 0) is 42.7 Å². The zero-order chi connectivity index (χ0) is 24.6. The van der Waals surface area contributed by atoms with E-state index in [-0.39, 0.29) is 11.8 Å². The number of nitrogens with one attached hydrogen (secondary N) is 1. The summed E-state index contributed by atoms with van der Waals surface area (Å²) in [6.07, 6.45) is 2.37. The summed E-state index contributed by atoms with van der Waals surface area (Å²) in [4.78, 5) is 31.6. The van der Waals surface area contributed by atoms with Gasteiger partial charge in [-0.25, -0.2) is 4.98 Å². The fourth-order valence-electron chi connectivity index (χ4n) is 4.02. The van der Waals surface area contributed by atoms with Crippen LogP contribution in [0, 0.1) is 0 Å². The SMILES string of the molecule is COc1ccc(CCNC(=O)CCCN2C(=O)[C@H](c3ccccc3)Oc3cccnc32)cc1OC. The number of benzene rings is 2. The topological polar surface area (TPSA) is 90.0 Å². The Morgan fingerprint density at radius 2 is 1.86 bits per heavy atom. The lowest BCUT2D eigenvalue weighted by molar-refractivity contribution is -0.127. The lowest BCUT2D eigenvalue weighted by atomic mass is 10.1. The first-order valence-corrected chi connectivity index (χ1v) is 11.6. The first-order chi connectivity index (χ1) is 17.1. The molecule has 1 aliphatic rings. The molecule has 4 rings (SSSR count). The molecule has 35 heavy (non-hydrogen) atoms. The number of pyridine rings is 1. The third-order valence-corrected chi connectivity index (χ3v) is 5.81. The Morgan fingerprint density at radius 1 is 1.06 bits per heavy atom. The van der Waals surface area contributed by atoms with E-state index in [0.29, 0.717) is 55.4 Å². The molecular formula is C27H29N3O5. The van der Waals surface area contributed by atoms with E-state index in [4.69, 9.17) is 14.2 Å². The summed E-state index contributed by atoms with van der Waals surface area (Å²) in [5.41, 5.74) is 1.82. The molecule has 0 spiro atoms. The van der Waals surface area contributed by atoms with Gasteiger partial charge in [0.2, 0.25) is 12.0 Å². The van der Waals surface area contributed by atoms with Crippen LogP contribution in [0.4, 0.5) is 5.82 Å². The molecule has 0 bridgehead atoms. The minimum absolute atomic E-state index is 0.0629. The molecular weight excluding hydrogens is 446 g/mol. The maximum atomic E-state index is 13.2. The summed E-state index contributed by atoms with van der Waals surface area (Å²) < 4.78 is 16.5. The van der Waals surface area contributed by atoms with Crippen LogP contribution >= 0.6 is 0 Å². The Labute approximate surface area is 204 Å². The molecule has 8 heteroatoms. The molecule has 2 heterocycles. The van der Waals surface area contributed by atoms with Crippen LogP contribution < -0.4 is 24.4 Å². The molecule has 2 aromatic carbocycles. The molecule has 8 nitrogen and oxygen atoms in total. The molecule has 2 amide bonds. The summed E-state index contributed by atoms with van der Waals surface area (Å²) in [5.74, 6) is 2.12. The average Bonchev–Trinajstić information content (AvgIpc) is 2.90. The van der Waals surface area contributed by atoms with Crippen molar-refractivity contribution in [2.24, 2.45) is 0 Å². The molecule has 0 radical (unpaired) electrons. The summed E-state index contributed by atoms with van der Waals surface area (Å²) >= 11 is 0. The lowest BCUT2D eigenvalue weighted by Crippen LogP contribution is -2.42. The van der Waals surface area contributed by atoms with Gasteiger partial charge in [0.1, 0.15) is 0 Å². The van der Waals surface area contributed by atoms with Crippen LogP contribution in [0.1, 0.15) is 30.1 Å². The molecule has 0 fully saturated rings. The van der Waals surface area contributed by atoms with Gasteiger partial charge in [-0.1, -0.05) is 36.4 Å². The van der Waals surface area contributed by atoms with Gasteiger partial charge >= 0.3 is 0 Å². The van der Waals surface area contributed by atoms with Crippen molar-refractivity contribution < 1.29 is 23.8 Å². The normalized spacial score (nSPS) is 14.6.